The van der Waals surface area contributed by atoms with Gasteiger partial charge in [0.05, 0.1) is 24.2 Å². The number of nitrogens with one attached hydrogen (secondary N) is 1. The largest absolute Gasteiger partial charge is 0.489 e. The highest BCUT2D eigenvalue weighted by atomic mass is 16.5. The molecule has 3 aromatic carbocycles. The fourth-order valence-corrected chi connectivity index (χ4v) is 4.62. The molecule has 1 fully saturated rings. The number of piperidine rings is 1. The van der Waals surface area contributed by atoms with Crippen molar-refractivity contribution >= 4 is 23.5 Å². The number of pyridine rings is 1. The Balaban J connectivity index is 1.12. The zero-order valence-electron chi connectivity index (χ0n) is 22.2. The van der Waals surface area contributed by atoms with E-state index in [9.17, 15) is 19.5 Å². The van der Waals surface area contributed by atoms with Crippen molar-refractivity contribution in [3.8, 4) is 17.4 Å². The Kier molecular flexibility index (Phi) is 8.54. The van der Waals surface area contributed by atoms with Gasteiger partial charge < -0.3 is 24.8 Å². The summed E-state index contributed by atoms with van der Waals surface area (Å²) in [6.45, 7) is 1.25. The number of nitrogens with zero attached hydrogens (tertiary/aromatic N) is 2. The lowest BCUT2D eigenvalue weighted by atomic mass is 10.1. The van der Waals surface area contributed by atoms with Crippen LogP contribution in [0.2, 0.25) is 0 Å². The average Bonchev–Trinajstić information content (AvgIpc) is 2.99. The molecule has 1 saturated heterocycles. The van der Waals surface area contributed by atoms with E-state index in [4.69, 9.17) is 9.47 Å². The van der Waals surface area contributed by atoms with E-state index in [1.165, 1.54) is 6.07 Å². The first kappa shape index (κ1) is 27.4. The van der Waals surface area contributed by atoms with E-state index in [2.05, 4.69) is 10.3 Å². The van der Waals surface area contributed by atoms with Gasteiger partial charge in [-0.15, -0.1) is 0 Å². The molecule has 0 saturated carbocycles. The van der Waals surface area contributed by atoms with Crippen LogP contribution in [0.3, 0.4) is 0 Å². The van der Waals surface area contributed by atoms with Gasteiger partial charge in [-0.05, 0) is 66.9 Å². The van der Waals surface area contributed by atoms with Gasteiger partial charge in [0.2, 0.25) is 11.8 Å². The molecular weight excluding hydrogens is 522 g/mol. The van der Waals surface area contributed by atoms with E-state index < -0.39 is 5.97 Å². The van der Waals surface area contributed by atoms with Crippen molar-refractivity contribution < 1.29 is 29.0 Å². The molecule has 0 radical (unpaired) electrons. The summed E-state index contributed by atoms with van der Waals surface area (Å²) in [5, 5.41) is 11.9. The topological polar surface area (TPSA) is 118 Å². The Morgan fingerprint density at radius 1 is 0.902 bits per heavy atom. The summed E-state index contributed by atoms with van der Waals surface area (Å²) < 4.78 is 12.0. The lowest BCUT2D eigenvalue weighted by molar-refractivity contribution is -0.115. The number of hydrogen-bond acceptors (Lipinski definition) is 6. The predicted octanol–water partition coefficient (Wildman–Crippen LogP) is 5.44. The van der Waals surface area contributed by atoms with Crippen molar-refractivity contribution in [3.63, 3.8) is 0 Å². The third kappa shape index (κ3) is 7.27. The molecule has 0 aliphatic carbocycles. The van der Waals surface area contributed by atoms with Crippen LogP contribution in [0, 0.1) is 0 Å². The molecular formula is C32H29N3O6. The van der Waals surface area contributed by atoms with Gasteiger partial charge in [0.1, 0.15) is 17.6 Å². The van der Waals surface area contributed by atoms with E-state index in [-0.39, 0.29) is 35.6 Å². The van der Waals surface area contributed by atoms with Crippen molar-refractivity contribution in [2.45, 2.75) is 25.4 Å². The molecule has 0 spiro atoms. The molecule has 0 unspecified atom stereocenters. The molecule has 1 atom stereocenters. The van der Waals surface area contributed by atoms with Crippen LogP contribution < -0.4 is 14.8 Å². The maximum Gasteiger partial charge on any atom is 0.337 e. The number of amides is 2. The molecule has 0 bridgehead atoms. The molecule has 9 heteroatoms. The summed E-state index contributed by atoms with van der Waals surface area (Å²) in [5.41, 5.74) is 1.60. The van der Waals surface area contributed by atoms with E-state index in [0.29, 0.717) is 35.1 Å². The first-order chi connectivity index (χ1) is 19.9. The fourth-order valence-electron chi connectivity index (χ4n) is 4.62. The van der Waals surface area contributed by atoms with Crippen LogP contribution in [0.5, 0.6) is 17.4 Å². The van der Waals surface area contributed by atoms with Gasteiger partial charge in [-0.2, -0.15) is 0 Å². The normalized spacial score (nSPS) is 14.6. The number of para-hydroxylation sites is 1. The summed E-state index contributed by atoms with van der Waals surface area (Å²) in [6.07, 6.45) is 3.23. The Hall–Kier alpha value is -5.18. The number of aromatic carboxylic acids is 1. The smallest absolute Gasteiger partial charge is 0.337 e. The van der Waals surface area contributed by atoms with Gasteiger partial charge in [0, 0.05) is 24.4 Å². The van der Waals surface area contributed by atoms with Gasteiger partial charge in [-0.25, -0.2) is 9.78 Å². The van der Waals surface area contributed by atoms with Gasteiger partial charge in [-0.3, -0.25) is 9.59 Å². The van der Waals surface area contributed by atoms with Crippen LogP contribution in [0.15, 0.2) is 97.2 Å². The summed E-state index contributed by atoms with van der Waals surface area (Å²) in [6, 6.07) is 26.1. The SMILES string of the molecule is O=C(Cc1ccc(Oc2ccc(O[C@@H]3CCCN(C(=O)c4ccccc4)C3)cc2)nc1)Nc1ccccc1C(=O)O. The first-order valence-electron chi connectivity index (χ1n) is 13.3. The predicted molar refractivity (Wildman–Crippen MR) is 152 cm³/mol. The van der Waals surface area contributed by atoms with E-state index in [1.54, 1.807) is 48.7 Å². The molecule has 41 heavy (non-hydrogen) atoms. The number of ether oxygens (including phenoxy) is 2. The number of likely N-dealkylation sites (tertiary alicyclic amines) is 1. The number of rotatable bonds is 9. The molecule has 1 aliphatic heterocycles. The summed E-state index contributed by atoms with van der Waals surface area (Å²) in [4.78, 5) is 42.7. The van der Waals surface area contributed by atoms with Crippen LogP contribution in [-0.4, -0.2) is 52.0 Å². The number of carbonyl (C=O) groups is 3. The maximum atomic E-state index is 12.8. The molecule has 1 aromatic heterocycles. The quantitative estimate of drug-likeness (QED) is 0.285. The zero-order valence-corrected chi connectivity index (χ0v) is 22.2. The molecule has 2 N–H and O–H groups in total. The average molecular weight is 552 g/mol. The van der Waals surface area contributed by atoms with Crippen LogP contribution >= 0.6 is 0 Å². The number of carbonyl (C=O) groups excluding carboxylic acids is 2. The molecule has 1 aliphatic rings. The lowest BCUT2D eigenvalue weighted by Gasteiger charge is -2.33. The van der Waals surface area contributed by atoms with Crippen LogP contribution in [-0.2, 0) is 11.2 Å². The second kappa shape index (κ2) is 12.8. The van der Waals surface area contributed by atoms with Crippen molar-refractivity contribution in [1.82, 2.24) is 9.88 Å². The van der Waals surface area contributed by atoms with Crippen molar-refractivity contribution in [1.29, 1.82) is 0 Å². The third-order valence-corrected chi connectivity index (χ3v) is 6.63. The zero-order chi connectivity index (χ0) is 28.6. The molecule has 2 amide bonds. The van der Waals surface area contributed by atoms with E-state index >= 15 is 0 Å². The molecule has 208 valence electrons. The molecule has 9 nitrogen and oxygen atoms in total. The second-order valence-corrected chi connectivity index (χ2v) is 9.65. The summed E-state index contributed by atoms with van der Waals surface area (Å²) in [7, 11) is 0. The van der Waals surface area contributed by atoms with Crippen LogP contribution in [0.25, 0.3) is 0 Å². The Bertz CT molecular complexity index is 1510. The highest BCUT2D eigenvalue weighted by molar-refractivity contribution is 6.01. The van der Waals surface area contributed by atoms with Crippen LogP contribution in [0.4, 0.5) is 5.69 Å². The summed E-state index contributed by atoms with van der Waals surface area (Å²) in [5.74, 6) is 0.182. The minimum Gasteiger partial charge on any atom is -0.489 e. The monoisotopic (exact) mass is 551 g/mol. The molecule has 5 rings (SSSR count). The standard InChI is InChI=1S/C32H29N3O6/c36-29(34-28-11-5-4-10-27(28)32(38)39)19-22-12-17-30(33-20-22)41-25-15-13-24(14-16-25)40-26-9-6-18-35(21-26)31(37)23-7-2-1-3-8-23/h1-5,7-8,10-17,20,26H,6,9,18-19,21H2,(H,34,36)(H,38,39)/t26-/m1/s1. The van der Waals surface area contributed by atoms with Gasteiger partial charge >= 0.3 is 5.97 Å². The van der Waals surface area contributed by atoms with Crippen LogP contribution in [0.1, 0.15) is 39.1 Å². The fraction of sp³-hybridized carbons (Fsp3) is 0.188. The van der Waals surface area contributed by atoms with Crippen molar-refractivity contribution in [2.75, 3.05) is 18.4 Å². The Morgan fingerprint density at radius 2 is 1.63 bits per heavy atom. The number of hydrogen-bond donors (Lipinski definition) is 2. The van der Waals surface area contributed by atoms with E-state index in [1.807, 2.05) is 47.4 Å². The number of carboxylic acids is 1. The van der Waals surface area contributed by atoms with Crippen molar-refractivity contribution in [2.24, 2.45) is 0 Å². The second-order valence-electron chi connectivity index (χ2n) is 9.65. The minimum absolute atomic E-state index is 0.0188. The van der Waals surface area contributed by atoms with Gasteiger partial charge in [0.25, 0.3) is 5.91 Å². The van der Waals surface area contributed by atoms with E-state index in [0.717, 1.165) is 19.4 Å². The highest BCUT2D eigenvalue weighted by Gasteiger charge is 2.25. The highest BCUT2D eigenvalue weighted by Crippen LogP contribution is 2.25. The summed E-state index contributed by atoms with van der Waals surface area (Å²) >= 11 is 0. The number of benzene rings is 3. The molecule has 2 heterocycles. The minimum atomic E-state index is -1.11. The maximum absolute atomic E-state index is 12.8. The van der Waals surface area contributed by atoms with Crippen molar-refractivity contribution in [3.05, 3.63) is 114 Å². The lowest BCUT2D eigenvalue weighted by Crippen LogP contribution is -2.44. The number of carboxylic acid groups (broad SMARTS) is 1. The number of aromatic nitrogens is 1. The first-order valence-corrected chi connectivity index (χ1v) is 13.3. The number of anilines is 1. The van der Waals surface area contributed by atoms with Gasteiger partial charge in [0.15, 0.2) is 0 Å². The van der Waals surface area contributed by atoms with Gasteiger partial charge in [-0.1, -0.05) is 36.4 Å². The molecule has 4 aromatic rings. The Morgan fingerprint density at radius 3 is 2.37 bits per heavy atom. The third-order valence-electron chi connectivity index (χ3n) is 6.63. The Labute approximate surface area is 237 Å².